The SMILES string of the molecule is CC(C)(C)c1ccccc1Oc1cccc(Cl)c1C(=O)O. The first-order valence-corrected chi connectivity index (χ1v) is 6.97. The second-order valence-corrected chi connectivity index (χ2v) is 6.17. The van der Waals surface area contributed by atoms with Crippen LogP contribution in [0.5, 0.6) is 11.5 Å². The Morgan fingerprint density at radius 3 is 2.29 bits per heavy atom. The Kier molecular flexibility index (Phi) is 4.24. The van der Waals surface area contributed by atoms with Gasteiger partial charge in [-0.15, -0.1) is 0 Å². The van der Waals surface area contributed by atoms with Crippen molar-refractivity contribution in [2.45, 2.75) is 26.2 Å². The average Bonchev–Trinajstić information content (AvgIpc) is 2.37. The van der Waals surface area contributed by atoms with Crippen LogP contribution in [0.25, 0.3) is 0 Å². The van der Waals surface area contributed by atoms with Gasteiger partial charge in [0.25, 0.3) is 0 Å². The maximum Gasteiger partial charge on any atom is 0.341 e. The fourth-order valence-electron chi connectivity index (χ4n) is 2.09. The third-order valence-electron chi connectivity index (χ3n) is 3.10. The highest BCUT2D eigenvalue weighted by molar-refractivity contribution is 6.33. The molecule has 0 saturated carbocycles. The minimum atomic E-state index is -1.11. The Bertz CT molecular complexity index is 672. The van der Waals surface area contributed by atoms with E-state index < -0.39 is 5.97 Å². The molecule has 0 radical (unpaired) electrons. The lowest BCUT2D eigenvalue weighted by atomic mass is 9.86. The number of carboxylic acids is 1. The van der Waals surface area contributed by atoms with Gasteiger partial charge in [-0.25, -0.2) is 4.79 Å². The van der Waals surface area contributed by atoms with Crippen LogP contribution in [0.2, 0.25) is 5.02 Å². The number of aromatic carboxylic acids is 1. The van der Waals surface area contributed by atoms with Gasteiger partial charge in [-0.2, -0.15) is 0 Å². The topological polar surface area (TPSA) is 46.5 Å². The number of hydrogen-bond donors (Lipinski definition) is 1. The molecule has 0 atom stereocenters. The van der Waals surface area contributed by atoms with E-state index in [0.717, 1.165) is 5.56 Å². The van der Waals surface area contributed by atoms with Gasteiger partial charge in [0.1, 0.15) is 17.1 Å². The first kappa shape index (κ1) is 15.4. The van der Waals surface area contributed by atoms with E-state index in [4.69, 9.17) is 16.3 Å². The minimum absolute atomic E-state index is 0.0251. The summed E-state index contributed by atoms with van der Waals surface area (Å²) in [5.41, 5.74) is 0.864. The van der Waals surface area contributed by atoms with Crippen LogP contribution >= 0.6 is 11.6 Å². The van der Waals surface area contributed by atoms with Crippen LogP contribution in [0.1, 0.15) is 36.7 Å². The van der Waals surface area contributed by atoms with E-state index in [9.17, 15) is 9.90 Å². The van der Waals surface area contributed by atoms with Gasteiger partial charge in [-0.05, 0) is 23.6 Å². The number of rotatable bonds is 3. The summed E-state index contributed by atoms with van der Waals surface area (Å²) < 4.78 is 5.84. The summed E-state index contributed by atoms with van der Waals surface area (Å²) in [6.45, 7) is 6.22. The van der Waals surface area contributed by atoms with E-state index in [1.165, 1.54) is 6.07 Å². The zero-order valence-electron chi connectivity index (χ0n) is 12.2. The summed E-state index contributed by atoms with van der Waals surface area (Å²) in [5, 5.41) is 9.45. The molecule has 0 fully saturated rings. The minimum Gasteiger partial charge on any atom is -0.478 e. The molecule has 0 bridgehead atoms. The van der Waals surface area contributed by atoms with Crippen molar-refractivity contribution in [1.82, 2.24) is 0 Å². The normalized spacial score (nSPS) is 11.2. The molecule has 0 aromatic heterocycles. The number of halogens is 1. The van der Waals surface area contributed by atoms with Crippen molar-refractivity contribution in [3.8, 4) is 11.5 Å². The molecule has 21 heavy (non-hydrogen) atoms. The monoisotopic (exact) mass is 304 g/mol. The standard InChI is InChI=1S/C17H17ClO3/c1-17(2,3)11-7-4-5-9-13(11)21-14-10-6-8-12(18)15(14)16(19)20/h4-10H,1-3H3,(H,19,20). The van der Waals surface area contributed by atoms with E-state index in [1.54, 1.807) is 12.1 Å². The molecule has 4 heteroatoms. The lowest BCUT2D eigenvalue weighted by molar-refractivity contribution is 0.0694. The van der Waals surface area contributed by atoms with E-state index >= 15 is 0 Å². The van der Waals surface area contributed by atoms with Crippen LogP contribution in [0.4, 0.5) is 0 Å². The molecular weight excluding hydrogens is 288 g/mol. The number of benzene rings is 2. The quantitative estimate of drug-likeness (QED) is 0.855. The van der Waals surface area contributed by atoms with Gasteiger partial charge in [0.15, 0.2) is 0 Å². The lowest BCUT2D eigenvalue weighted by Gasteiger charge is -2.23. The van der Waals surface area contributed by atoms with Gasteiger partial charge in [-0.1, -0.05) is 56.6 Å². The van der Waals surface area contributed by atoms with Crippen LogP contribution in [0.15, 0.2) is 42.5 Å². The Morgan fingerprint density at radius 2 is 1.67 bits per heavy atom. The Morgan fingerprint density at radius 1 is 1.05 bits per heavy atom. The molecule has 0 aliphatic rings. The maximum absolute atomic E-state index is 11.4. The summed E-state index contributed by atoms with van der Waals surface area (Å²) in [5.74, 6) is -0.231. The molecule has 2 aromatic carbocycles. The molecule has 1 N–H and O–H groups in total. The summed E-state index contributed by atoms with van der Waals surface area (Å²) in [6.07, 6.45) is 0. The highest BCUT2D eigenvalue weighted by atomic mass is 35.5. The second kappa shape index (κ2) is 5.78. The van der Waals surface area contributed by atoms with Gasteiger partial charge in [-0.3, -0.25) is 0 Å². The van der Waals surface area contributed by atoms with Crippen LogP contribution < -0.4 is 4.74 Å². The third-order valence-corrected chi connectivity index (χ3v) is 3.42. The van der Waals surface area contributed by atoms with Crippen molar-refractivity contribution < 1.29 is 14.6 Å². The van der Waals surface area contributed by atoms with Gasteiger partial charge >= 0.3 is 5.97 Å². The number of hydrogen-bond acceptors (Lipinski definition) is 2. The summed E-state index contributed by atoms with van der Waals surface area (Å²) in [4.78, 5) is 11.4. The molecule has 0 aliphatic carbocycles. The molecule has 0 amide bonds. The Balaban J connectivity index is 2.50. The van der Waals surface area contributed by atoms with E-state index in [-0.39, 0.29) is 21.8 Å². The predicted molar refractivity (Wildman–Crippen MR) is 83.6 cm³/mol. The van der Waals surface area contributed by atoms with Crippen LogP contribution in [0, 0.1) is 0 Å². The van der Waals surface area contributed by atoms with Crippen molar-refractivity contribution in [3.63, 3.8) is 0 Å². The van der Waals surface area contributed by atoms with E-state index in [2.05, 4.69) is 20.8 Å². The van der Waals surface area contributed by atoms with Crippen LogP contribution in [-0.2, 0) is 5.41 Å². The Labute approximate surface area is 129 Å². The van der Waals surface area contributed by atoms with Gasteiger partial charge in [0, 0.05) is 5.56 Å². The molecule has 0 spiro atoms. The zero-order chi connectivity index (χ0) is 15.6. The van der Waals surface area contributed by atoms with Crippen LogP contribution in [0.3, 0.4) is 0 Å². The molecule has 0 unspecified atom stereocenters. The van der Waals surface area contributed by atoms with E-state index in [0.29, 0.717) is 5.75 Å². The summed E-state index contributed by atoms with van der Waals surface area (Å²) >= 11 is 5.96. The number of para-hydroxylation sites is 1. The van der Waals surface area contributed by atoms with Crippen molar-refractivity contribution in [1.29, 1.82) is 0 Å². The first-order chi connectivity index (χ1) is 9.80. The van der Waals surface area contributed by atoms with Crippen LogP contribution in [-0.4, -0.2) is 11.1 Å². The summed E-state index contributed by atoms with van der Waals surface area (Å²) in [6, 6.07) is 12.4. The molecular formula is C17H17ClO3. The fraction of sp³-hybridized carbons (Fsp3) is 0.235. The molecule has 2 aromatic rings. The second-order valence-electron chi connectivity index (χ2n) is 5.77. The lowest BCUT2D eigenvalue weighted by Crippen LogP contribution is -2.12. The zero-order valence-corrected chi connectivity index (χ0v) is 12.9. The molecule has 3 nitrogen and oxygen atoms in total. The van der Waals surface area contributed by atoms with Gasteiger partial charge in [0.2, 0.25) is 0 Å². The predicted octanol–water partition coefficient (Wildman–Crippen LogP) is 5.13. The number of carboxylic acid groups (broad SMARTS) is 1. The smallest absolute Gasteiger partial charge is 0.341 e. The van der Waals surface area contributed by atoms with Crippen molar-refractivity contribution in [2.75, 3.05) is 0 Å². The first-order valence-electron chi connectivity index (χ1n) is 6.60. The molecule has 110 valence electrons. The molecule has 0 saturated heterocycles. The average molecular weight is 305 g/mol. The third kappa shape index (κ3) is 3.37. The highest BCUT2D eigenvalue weighted by Crippen LogP contribution is 2.36. The fourth-order valence-corrected chi connectivity index (χ4v) is 2.34. The maximum atomic E-state index is 11.4. The number of ether oxygens (including phenoxy) is 1. The van der Waals surface area contributed by atoms with Crippen molar-refractivity contribution >= 4 is 17.6 Å². The summed E-state index contributed by atoms with van der Waals surface area (Å²) in [7, 11) is 0. The largest absolute Gasteiger partial charge is 0.478 e. The number of carbonyl (C=O) groups is 1. The molecule has 2 rings (SSSR count). The van der Waals surface area contributed by atoms with E-state index in [1.807, 2.05) is 24.3 Å². The van der Waals surface area contributed by atoms with Crippen molar-refractivity contribution in [3.05, 3.63) is 58.6 Å². The highest BCUT2D eigenvalue weighted by Gasteiger charge is 2.21. The Hall–Kier alpha value is -2.00. The van der Waals surface area contributed by atoms with Gasteiger partial charge < -0.3 is 9.84 Å². The molecule has 0 heterocycles. The van der Waals surface area contributed by atoms with Crippen molar-refractivity contribution in [2.24, 2.45) is 0 Å². The molecule has 0 aliphatic heterocycles. The van der Waals surface area contributed by atoms with Gasteiger partial charge in [0.05, 0.1) is 5.02 Å².